The number of halogens is 2. The monoisotopic (exact) mass is 369 g/mol. The van der Waals surface area contributed by atoms with Crippen LogP contribution >= 0.6 is 15.9 Å². The summed E-state index contributed by atoms with van der Waals surface area (Å²) in [5.74, 6) is -0.984. The van der Waals surface area contributed by atoms with Crippen LogP contribution in [0.15, 0.2) is 39.8 Å². The molecule has 1 aromatic heterocycles. The van der Waals surface area contributed by atoms with Crippen molar-refractivity contribution in [1.82, 2.24) is 4.98 Å². The molecule has 0 saturated heterocycles. The van der Waals surface area contributed by atoms with Crippen molar-refractivity contribution >= 4 is 31.6 Å². The predicted octanol–water partition coefficient (Wildman–Crippen LogP) is 2.96. The Bertz CT molecular complexity index is 847. The van der Waals surface area contributed by atoms with Crippen molar-refractivity contribution in [3.05, 3.63) is 52.0 Å². The predicted molar refractivity (Wildman–Crippen MR) is 78.6 cm³/mol. The number of hydrogen-bond acceptors (Lipinski definition) is 4. The average molecular weight is 370 g/mol. The number of sulfonamides is 1. The van der Waals surface area contributed by atoms with Gasteiger partial charge in [0.2, 0.25) is 0 Å². The lowest BCUT2D eigenvalue weighted by molar-refractivity contribution is 0.570. The Balaban J connectivity index is 2.44. The number of pyridine rings is 1. The van der Waals surface area contributed by atoms with E-state index in [-0.39, 0.29) is 11.3 Å². The summed E-state index contributed by atoms with van der Waals surface area (Å²) in [5, 5.41) is 8.66. The number of anilines is 1. The number of nitrogens with one attached hydrogen (secondary N) is 1. The summed E-state index contributed by atoms with van der Waals surface area (Å²) < 4.78 is 41.1. The van der Waals surface area contributed by atoms with Crippen molar-refractivity contribution in [1.29, 1.82) is 5.26 Å². The van der Waals surface area contributed by atoms with Gasteiger partial charge in [-0.3, -0.25) is 9.71 Å². The van der Waals surface area contributed by atoms with Crippen molar-refractivity contribution in [3.63, 3.8) is 0 Å². The molecule has 0 fully saturated rings. The summed E-state index contributed by atoms with van der Waals surface area (Å²) >= 11 is 3.19. The normalized spacial score (nSPS) is 11.0. The summed E-state index contributed by atoms with van der Waals surface area (Å²) in [7, 11) is -4.10. The number of hydrogen-bond donors (Lipinski definition) is 1. The number of nitrogens with zero attached hydrogens (tertiary/aromatic N) is 2. The lowest BCUT2D eigenvalue weighted by Crippen LogP contribution is -2.15. The maximum atomic E-state index is 13.8. The van der Waals surface area contributed by atoms with E-state index in [9.17, 15) is 12.8 Å². The molecule has 0 aliphatic carbocycles. The third-order valence-electron chi connectivity index (χ3n) is 2.65. The van der Waals surface area contributed by atoms with Gasteiger partial charge in [0.1, 0.15) is 10.7 Å². The average Bonchev–Trinajstić information content (AvgIpc) is 2.42. The highest BCUT2D eigenvalue weighted by molar-refractivity contribution is 9.10. The second-order valence-corrected chi connectivity index (χ2v) is 6.72. The fraction of sp³-hybridized carbons (Fsp3) is 0.0769. The highest BCUT2D eigenvalue weighted by Gasteiger charge is 2.20. The van der Waals surface area contributed by atoms with Crippen LogP contribution in [0.5, 0.6) is 0 Å². The fourth-order valence-corrected chi connectivity index (χ4v) is 3.10. The van der Waals surface area contributed by atoms with Gasteiger partial charge in [-0.2, -0.15) is 5.26 Å². The quantitative estimate of drug-likeness (QED) is 0.901. The highest BCUT2D eigenvalue weighted by atomic mass is 79.9. The van der Waals surface area contributed by atoms with Crippen molar-refractivity contribution in [3.8, 4) is 6.07 Å². The van der Waals surface area contributed by atoms with E-state index in [4.69, 9.17) is 5.26 Å². The molecule has 0 atom stereocenters. The van der Waals surface area contributed by atoms with Crippen LogP contribution in [0.3, 0.4) is 0 Å². The molecular weight excluding hydrogens is 361 g/mol. The molecule has 0 aliphatic rings. The van der Waals surface area contributed by atoms with Crippen LogP contribution in [0.25, 0.3) is 0 Å². The standard InChI is InChI=1S/C13H9BrFN3O2S/c1-8-12(5-10(14)7-17-8)18-21(19,20)13-3-2-9(6-16)4-11(13)15/h2-5,7,18H,1H3. The summed E-state index contributed by atoms with van der Waals surface area (Å²) in [4.78, 5) is 3.47. The molecule has 8 heteroatoms. The van der Waals surface area contributed by atoms with Crippen LogP contribution in [0.2, 0.25) is 0 Å². The van der Waals surface area contributed by atoms with Gasteiger partial charge in [-0.1, -0.05) is 0 Å². The van der Waals surface area contributed by atoms with Crippen molar-refractivity contribution in [2.45, 2.75) is 11.8 Å². The van der Waals surface area contributed by atoms with Crippen molar-refractivity contribution in [2.75, 3.05) is 4.72 Å². The molecule has 0 spiro atoms. The van der Waals surface area contributed by atoms with E-state index in [1.165, 1.54) is 18.3 Å². The fourth-order valence-electron chi connectivity index (χ4n) is 1.60. The molecule has 0 bridgehead atoms. The molecule has 0 amide bonds. The van der Waals surface area contributed by atoms with E-state index in [1.807, 2.05) is 0 Å². The summed E-state index contributed by atoms with van der Waals surface area (Å²) in [6, 6.07) is 6.44. The minimum absolute atomic E-state index is 0.0479. The number of rotatable bonds is 3. The summed E-state index contributed by atoms with van der Waals surface area (Å²) in [6.45, 7) is 1.62. The van der Waals surface area contributed by atoms with Crippen LogP contribution in [-0.2, 0) is 10.0 Å². The van der Waals surface area contributed by atoms with E-state index in [0.717, 1.165) is 12.1 Å². The number of aromatic nitrogens is 1. The molecule has 2 aromatic rings. The zero-order valence-corrected chi connectivity index (χ0v) is 13.2. The van der Waals surface area contributed by atoms with E-state index >= 15 is 0 Å². The van der Waals surface area contributed by atoms with Gasteiger partial charge in [0.05, 0.1) is 23.0 Å². The molecule has 5 nitrogen and oxygen atoms in total. The van der Waals surface area contributed by atoms with Gasteiger partial charge >= 0.3 is 0 Å². The zero-order valence-electron chi connectivity index (χ0n) is 10.8. The molecule has 2 rings (SSSR count). The molecule has 1 heterocycles. The Labute approximate surface area is 129 Å². The zero-order chi connectivity index (χ0) is 15.6. The van der Waals surface area contributed by atoms with Gasteiger partial charge < -0.3 is 0 Å². The minimum atomic E-state index is -4.10. The first-order valence-corrected chi connectivity index (χ1v) is 7.96. The number of nitriles is 1. The first-order chi connectivity index (χ1) is 9.83. The maximum Gasteiger partial charge on any atom is 0.264 e. The largest absolute Gasteiger partial charge is 0.278 e. The molecule has 1 aromatic carbocycles. The van der Waals surface area contributed by atoms with Crippen molar-refractivity contribution < 1.29 is 12.8 Å². The van der Waals surface area contributed by atoms with E-state index < -0.39 is 20.7 Å². The van der Waals surface area contributed by atoms with E-state index in [2.05, 4.69) is 25.6 Å². The topological polar surface area (TPSA) is 82.8 Å². The summed E-state index contributed by atoms with van der Waals surface area (Å²) in [6.07, 6.45) is 1.52. The third kappa shape index (κ3) is 3.37. The van der Waals surface area contributed by atoms with Crippen molar-refractivity contribution in [2.24, 2.45) is 0 Å². The smallest absolute Gasteiger partial charge is 0.264 e. The minimum Gasteiger partial charge on any atom is -0.278 e. The molecule has 21 heavy (non-hydrogen) atoms. The Kier molecular flexibility index (Phi) is 4.25. The van der Waals surface area contributed by atoms with E-state index in [0.29, 0.717) is 10.2 Å². The molecule has 0 aliphatic heterocycles. The van der Waals surface area contributed by atoms with Gasteiger partial charge in [-0.25, -0.2) is 12.8 Å². The molecule has 1 N–H and O–H groups in total. The first kappa shape index (κ1) is 15.4. The lowest BCUT2D eigenvalue weighted by Gasteiger charge is -2.11. The Morgan fingerprint density at radius 2 is 2.10 bits per heavy atom. The number of aryl methyl sites for hydroxylation is 1. The molecule has 108 valence electrons. The molecular formula is C13H9BrFN3O2S. The molecule has 0 radical (unpaired) electrons. The van der Waals surface area contributed by atoms with Crippen LogP contribution in [-0.4, -0.2) is 13.4 Å². The van der Waals surface area contributed by atoms with Crippen LogP contribution in [0.4, 0.5) is 10.1 Å². The highest BCUT2D eigenvalue weighted by Crippen LogP contribution is 2.23. The third-order valence-corrected chi connectivity index (χ3v) is 4.48. The second kappa shape index (κ2) is 5.79. The Morgan fingerprint density at radius 1 is 1.38 bits per heavy atom. The van der Waals surface area contributed by atoms with E-state index in [1.54, 1.807) is 13.0 Å². The SMILES string of the molecule is Cc1ncc(Br)cc1NS(=O)(=O)c1ccc(C#N)cc1F. The summed E-state index contributed by atoms with van der Waals surface area (Å²) in [5.41, 5.74) is 0.746. The maximum absolute atomic E-state index is 13.8. The van der Waals surface area contributed by atoms with Gasteiger partial charge in [-0.05, 0) is 47.1 Å². The van der Waals surface area contributed by atoms with Crippen LogP contribution < -0.4 is 4.72 Å². The van der Waals surface area contributed by atoms with Gasteiger partial charge in [-0.15, -0.1) is 0 Å². The number of benzene rings is 1. The Morgan fingerprint density at radius 3 is 2.71 bits per heavy atom. The van der Waals surface area contributed by atoms with Crippen LogP contribution in [0.1, 0.15) is 11.3 Å². The lowest BCUT2D eigenvalue weighted by atomic mass is 10.2. The molecule has 0 unspecified atom stereocenters. The molecule has 0 saturated carbocycles. The Hall–Kier alpha value is -1.98. The van der Waals surface area contributed by atoms with Gasteiger partial charge in [0, 0.05) is 10.7 Å². The van der Waals surface area contributed by atoms with Gasteiger partial charge in [0.15, 0.2) is 0 Å². The van der Waals surface area contributed by atoms with Gasteiger partial charge in [0.25, 0.3) is 10.0 Å². The van der Waals surface area contributed by atoms with Crippen LogP contribution in [0, 0.1) is 24.1 Å². The first-order valence-electron chi connectivity index (χ1n) is 5.68. The second-order valence-electron chi connectivity index (χ2n) is 4.15.